The van der Waals surface area contributed by atoms with E-state index in [-0.39, 0.29) is 24.1 Å². The molecule has 2 aliphatic heterocycles. The molecule has 0 radical (unpaired) electrons. The average Bonchev–Trinajstić information content (AvgIpc) is 3.42. The summed E-state index contributed by atoms with van der Waals surface area (Å²) in [5.41, 5.74) is 1.44. The van der Waals surface area contributed by atoms with Gasteiger partial charge in [0.05, 0.1) is 5.56 Å². The van der Waals surface area contributed by atoms with Gasteiger partial charge in [-0.1, -0.05) is 27.5 Å². The molecule has 0 aromatic heterocycles. The van der Waals surface area contributed by atoms with Crippen molar-refractivity contribution >= 4 is 51.4 Å². The second-order valence-electron chi connectivity index (χ2n) is 6.98. The molecule has 33 heavy (non-hydrogen) atoms. The van der Waals surface area contributed by atoms with Gasteiger partial charge >= 0.3 is 11.9 Å². The van der Waals surface area contributed by atoms with Crippen molar-refractivity contribution in [1.29, 1.82) is 0 Å². The first-order valence-corrected chi connectivity index (χ1v) is 10.8. The van der Waals surface area contributed by atoms with E-state index in [0.29, 0.717) is 33.2 Å². The topological polar surface area (TPSA) is 83.4 Å². The maximum atomic E-state index is 12.7. The maximum absolute atomic E-state index is 12.7. The highest BCUT2D eigenvalue weighted by Crippen LogP contribution is 2.33. The average molecular weight is 527 g/mol. The third-order valence-electron chi connectivity index (χ3n) is 4.79. The van der Waals surface area contributed by atoms with E-state index in [1.165, 1.54) is 6.08 Å². The fourth-order valence-corrected chi connectivity index (χ4v) is 3.68. The quantitative estimate of drug-likeness (QED) is 0.257. The van der Waals surface area contributed by atoms with Crippen molar-refractivity contribution in [3.8, 4) is 17.2 Å². The van der Waals surface area contributed by atoms with E-state index in [4.69, 9.17) is 30.5 Å². The molecule has 3 aromatic carbocycles. The van der Waals surface area contributed by atoms with Crippen LogP contribution in [0.5, 0.6) is 17.2 Å². The first-order valence-electron chi connectivity index (χ1n) is 9.66. The fraction of sp³-hybridized carbons (Fsp3) is 0.0417. The lowest BCUT2D eigenvalue weighted by atomic mass is 10.1. The molecule has 0 spiro atoms. The Kier molecular flexibility index (Phi) is 5.62. The highest BCUT2D eigenvalue weighted by Gasteiger charge is 2.25. The van der Waals surface area contributed by atoms with Crippen LogP contribution in [0, 0.1) is 0 Å². The number of fused-ring (bicyclic) bond motifs is 1. The van der Waals surface area contributed by atoms with Crippen molar-refractivity contribution in [2.75, 3.05) is 6.79 Å². The molecule has 0 bridgehead atoms. The molecule has 0 fully saturated rings. The summed E-state index contributed by atoms with van der Waals surface area (Å²) in [4.78, 5) is 29.4. The summed E-state index contributed by atoms with van der Waals surface area (Å²) in [5, 5.41) is 0.558. The SMILES string of the molecule is O=C1OC(c2ccc(Cl)cc2)=N/C1=C\c1cc(Br)ccc1OC(=O)c1ccc2c(c1)OCO2. The molecule has 0 saturated heterocycles. The van der Waals surface area contributed by atoms with Crippen LogP contribution in [-0.2, 0) is 9.53 Å². The number of aliphatic imine (C=N–C) groups is 1. The van der Waals surface area contributed by atoms with Gasteiger partial charge in [-0.25, -0.2) is 14.6 Å². The van der Waals surface area contributed by atoms with Crippen molar-refractivity contribution in [2.24, 2.45) is 4.99 Å². The number of ether oxygens (including phenoxy) is 4. The molecule has 7 nitrogen and oxygen atoms in total. The number of nitrogens with zero attached hydrogens (tertiary/aromatic N) is 1. The lowest BCUT2D eigenvalue weighted by Gasteiger charge is -2.09. The Balaban J connectivity index is 1.44. The minimum atomic E-state index is -0.618. The van der Waals surface area contributed by atoms with E-state index in [1.54, 1.807) is 60.7 Å². The van der Waals surface area contributed by atoms with Gasteiger partial charge in [0.1, 0.15) is 5.75 Å². The molecule has 0 aliphatic carbocycles. The first kappa shape index (κ1) is 21.2. The fourth-order valence-electron chi connectivity index (χ4n) is 3.18. The molecule has 0 atom stereocenters. The first-order chi connectivity index (χ1) is 16.0. The summed E-state index contributed by atoms with van der Waals surface area (Å²) < 4.78 is 22.2. The zero-order valence-corrected chi connectivity index (χ0v) is 19.1. The Hall–Kier alpha value is -3.62. The van der Waals surface area contributed by atoms with Gasteiger partial charge in [-0.05, 0) is 66.7 Å². The van der Waals surface area contributed by atoms with E-state index in [1.807, 2.05) is 0 Å². The van der Waals surface area contributed by atoms with Gasteiger partial charge in [-0.3, -0.25) is 0 Å². The van der Waals surface area contributed by atoms with Crippen molar-refractivity contribution in [3.05, 3.63) is 92.5 Å². The summed E-state index contributed by atoms with van der Waals surface area (Å²) in [6.45, 7) is 0.104. The molecular weight excluding hydrogens is 514 g/mol. The predicted octanol–water partition coefficient (Wildman–Crippen LogP) is 5.39. The van der Waals surface area contributed by atoms with Crippen molar-refractivity contribution in [3.63, 3.8) is 0 Å². The number of carbonyl (C=O) groups is 2. The monoisotopic (exact) mass is 525 g/mol. The molecule has 0 N–H and O–H groups in total. The van der Waals surface area contributed by atoms with Crippen LogP contribution in [0.3, 0.4) is 0 Å². The number of benzene rings is 3. The van der Waals surface area contributed by atoms with Gasteiger partial charge in [0.15, 0.2) is 17.2 Å². The van der Waals surface area contributed by atoms with E-state index < -0.39 is 11.9 Å². The molecule has 9 heteroatoms. The Labute approximate surface area is 201 Å². The summed E-state index contributed by atoms with van der Waals surface area (Å²) in [6, 6.07) is 16.6. The van der Waals surface area contributed by atoms with Crippen LogP contribution in [0.2, 0.25) is 5.02 Å². The lowest BCUT2D eigenvalue weighted by Crippen LogP contribution is -2.09. The Morgan fingerprint density at radius 1 is 1.03 bits per heavy atom. The van der Waals surface area contributed by atoms with Crippen LogP contribution >= 0.6 is 27.5 Å². The van der Waals surface area contributed by atoms with Crippen LogP contribution in [0.4, 0.5) is 0 Å². The number of esters is 2. The van der Waals surface area contributed by atoms with Crippen LogP contribution in [0.25, 0.3) is 6.08 Å². The molecule has 164 valence electrons. The minimum absolute atomic E-state index is 0.0680. The van der Waals surface area contributed by atoms with Crippen LogP contribution < -0.4 is 14.2 Å². The smallest absolute Gasteiger partial charge is 0.363 e. The third kappa shape index (κ3) is 4.48. The number of carbonyl (C=O) groups excluding carboxylic acids is 2. The second-order valence-corrected chi connectivity index (χ2v) is 8.33. The Morgan fingerprint density at radius 2 is 1.82 bits per heavy atom. The standard InChI is InChI=1S/C24H13BrClNO6/c25-16-4-8-19(32-23(28)14-3-7-20-21(11-14)31-12-30-20)15(9-16)10-18-24(29)33-22(27-18)13-1-5-17(26)6-2-13/h1-11H,12H2/b18-10-. The predicted molar refractivity (Wildman–Crippen MR) is 124 cm³/mol. The normalized spacial score (nSPS) is 15.4. The minimum Gasteiger partial charge on any atom is -0.454 e. The van der Waals surface area contributed by atoms with Gasteiger partial charge in [0.25, 0.3) is 0 Å². The van der Waals surface area contributed by atoms with Gasteiger partial charge in [0, 0.05) is 20.6 Å². The third-order valence-corrected chi connectivity index (χ3v) is 5.53. The number of rotatable bonds is 4. The molecule has 0 amide bonds. The van der Waals surface area contributed by atoms with Crippen molar-refractivity contribution < 1.29 is 28.5 Å². The lowest BCUT2D eigenvalue weighted by molar-refractivity contribution is -0.129. The molecular formula is C24H13BrClNO6. The molecule has 5 rings (SSSR count). The summed E-state index contributed by atoms with van der Waals surface area (Å²) in [7, 11) is 0. The van der Waals surface area contributed by atoms with Crippen molar-refractivity contribution in [2.45, 2.75) is 0 Å². The largest absolute Gasteiger partial charge is 0.454 e. The van der Waals surface area contributed by atoms with Crippen LogP contribution in [0.1, 0.15) is 21.5 Å². The van der Waals surface area contributed by atoms with E-state index in [2.05, 4.69) is 20.9 Å². The van der Waals surface area contributed by atoms with Gasteiger partial charge in [0.2, 0.25) is 12.7 Å². The Morgan fingerprint density at radius 3 is 2.64 bits per heavy atom. The van der Waals surface area contributed by atoms with Gasteiger partial charge in [-0.15, -0.1) is 0 Å². The van der Waals surface area contributed by atoms with E-state index in [9.17, 15) is 9.59 Å². The number of cyclic esters (lactones) is 1. The highest BCUT2D eigenvalue weighted by molar-refractivity contribution is 9.10. The maximum Gasteiger partial charge on any atom is 0.363 e. The molecule has 0 unspecified atom stereocenters. The van der Waals surface area contributed by atoms with E-state index in [0.717, 1.165) is 4.47 Å². The summed E-state index contributed by atoms with van der Waals surface area (Å²) in [5.74, 6) is 0.241. The molecule has 0 saturated carbocycles. The number of hydrogen-bond acceptors (Lipinski definition) is 7. The van der Waals surface area contributed by atoms with Crippen LogP contribution in [0.15, 0.2) is 75.8 Å². The molecule has 2 heterocycles. The Bertz CT molecular complexity index is 1350. The van der Waals surface area contributed by atoms with Crippen molar-refractivity contribution in [1.82, 2.24) is 0 Å². The van der Waals surface area contributed by atoms with Gasteiger partial charge in [-0.2, -0.15) is 0 Å². The van der Waals surface area contributed by atoms with Crippen LogP contribution in [-0.4, -0.2) is 24.6 Å². The highest BCUT2D eigenvalue weighted by atomic mass is 79.9. The summed E-state index contributed by atoms with van der Waals surface area (Å²) >= 11 is 9.31. The number of halogens is 2. The zero-order chi connectivity index (χ0) is 22.9. The molecule has 2 aliphatic rings. The molecule has 3 aromatic rings. The second kappa shape index (κ2) is 8.73. The van der Waals surface area contributed by atoms with Gasteiger partial charge < -0.3 is 18.9 Å². The number of hydrogen-bond donors (Lipinski definition) is 0. The summed E-state index contributed by atoms with van der Waals surface area (Å²) in [6.07, 6.45) is 1.50. The van der Waals surface area contributed by atoms with E-state index >= 15 is 0 Å². The zero-order valence-electron chi connectivity index (χ0n) is 16.7.